The summed E-state index contributed by atoms with van der Waals surface area (Å²) in [5.41, 5.74) is 2.96. The Bertz CT molecular complexity index is 625. The van der Waals surface area contributed by atoms with Crippen LogP contribution in [0.1, 0.15) is 5.69 Å². The molecule has 0 saturated carbocycles. The van der Waals surface area contributed by atoms with E-state index in [0.717, 1.165) is 22.5 Å². The first kappa shape index (κ1) is 9.83. The summed E-state index contributed by atoms with van der Waals surface area (Å²) in [7, 11) is 1.97. The van der Waals surface area contributed by atoms with Gasteiger partial charge in [-0.05, 0) is 6.07 Å². The van der Waals surface area contributed by atoms with Crippen molar-refractivity contribution in [3.63, 3.8) is 0 Å². The highest BCUT2D eigenvalue weighted by atomic mass is 15.1. The average molecular weight is 228 g/mol. The maximum absolute atomic E-state index is 4.33. The number of aromatic nitrogens is 5. The lowest BCUT2D eigenvalue weighted by atomic mass is 10.3. The highest BCUT2D eigenvalue weighted by molar-refractivity contribution is 5.85. The number of nitrogens with zero attached hydrogens (tertiary/aromatic N) is 4. The van der Waals surface area contributed by atoms with E-state index in [2.05, 4.69) is 25.3 Å². The van der Waals surface area contributed by atoms with Gasteiger partial charge in [0.2, 0.25) is 0 Å². The molecule has 0 bridgehead atoms. The van der Waals surface area contributed by atoms with Gasteiger partial charge in [-0.25, -0.2) is 15.0 Å². The maximum atomic E-state index is 4.33. The molecule has 0 aliphatic heterocycles. The van der Waals surface area contributed by atoms with Gasteiger partial charge >= 0.3 is 0 Å². The number of hydrogen-bond donors (Lipinski definition) is 2. The minimum atomic E-state index is 0.655. The van der Waals surface area contributed by atoms with Crippen LogP contribution in [0.15, 0.2) is 31.1 Å². The van der Waals surface area contributed by atoms with Gasteiger partial charge in [0, 0.05) is 19.4 Å². The molecule has 3 aromatic heterocycles. The van der Waals surface area contributed by atoms with Crippen molar-refractivity contribution in [2.75, 3.05) is 5.32 Å². The van der Waals surface area contributed by atoms with Crippen molar-refractivity contribution >= 4 is 16.9 Å². The molecule has 0 aliphatic carbocycles. The third kappa shape index (κ3) is 1.73. The van der Waals surface area contributed by atoms with Crippen LogP contribution in [0.25, 0.3) is 11.0 Å². The van der Waals surface area contributed by atoms with E-state index in [-0.39, 0.29) is 0 Å². The zero-order chi connectivity index (χ0) is 11.7. The number of H-pyrrole nitrogens is 1. The zero-order valence-electron chi connectivity index (χ0n) is 9.38. The van der Waals surface area contributed by atoms with E-state index in [0.29, 0.717) is 6.54 Å². The van der Waals surface area contributed by atoms with E-state index in [4.69, 9.17) is 0 Å². The molecule has 0 aromatic carbocycles. The van der Waals surface area contributed by atoms with E-state index < -0.39 is 0 Å². The molecule has 0 saturated heterocycles. The second-order valence-electron chi connectivity index (χ2n) is 3.81. The van der Waals surface area contributed by atoms with E-state index in [1.165, 1.54) is 0 Å². The summed E-state index contributed by atoms with van der Waals surface area (Å²) in [6.07, 6.45) is 7.00. The first-order valence-electron chi connectivity index (χ1n) is 5.32. The molecule has 6 heteroatoms. The van der Waals surface area contributed by atoms with Crippen LogP contribution in [-0.2, 0) is 13.6 Å². The number of nitrogens with one attached hydrogen (secondary N) is 2. The van der Waals surface area contributed by atoms with Crippen LogP contribution < -0.4 is 5.32 Å². The van der Waals surface area contributed by atoms with Crippen LogP contribution in [0.3, 0.4) is 0 Å². The third-order valence-electron chi connectivity index (χ3n) is 2.64. The van der Waals surface area contributed by atoms with Gasteiger partial charge in [-0.1, -0.05) is 0 Å². The van der Waals surface area contributed by atoms with Gasteiger partial charge in [-0.3, -0.25) is 0 Å². The highest BCUT2D eigenvalue weighted by Crippen LogP contribution is 2.18. The minimum absolute atomic E-state index is 0.655. The molecule has 0 aliphatic rings. The summed E-state index contributed by atoms with van der Waals surface area (Å²) in [4.78, 5) is 15.6. The smallest absolute Gasteiger partial charge is 0.154 e. The van der Waals surface area contributed by atoms with E-state index in [1.807, 2.05) is 17.7 Å². The lowest BCUT2D eigenvalue weighted by Gasteiger charge is -2.04. The predicted octanol–water partition coefficient (Wildman–Crippen LogP) is 1.30. The molecule has 0 unspecified atom stereocenters. The lowest BCUT2D eigenvalue weighted by Crippen LogP contribution is -2.02. The van der Waals surface area contributed by atoms with Crippen LogP contribution in [-0.4, -0.2) is 24.5 Å². The fourth-order valence-corrected chi connectivity index (χ4v) is 1.75. The van der Waals surface area contributed by atoms with Crippen LogP contribution in [0.2, 0.25) is 0 Å². The SMILES string of the molecule is Cn1cnc2c(NCc3cnc[nH]3)nccc21. The quantitative estimate of drug-likeness (QED) is 0.709. The van der Waals surface area contributed by atoms with Gasteiger partial charge in [0.15, 0.2) is 5.82 Å². The predicted molar refractivity (Wildman–Crippen MR) is 64.4 cm³/mol. The molecule has 2 N–H and O–H groups in total. The molecule has 17 heavy (non-hydrogen) atoms. The molecule has 0 radical (unpaired) electrons. The summed E-state index contributed by atoms with van der Waals surface area (Å²) in [5.74, 6) is 0.790. The van der Waals surface area contributed by atoms with Gasteiger partial charge in [-0.2, -0.15) is 0 Å². The van der Waals surface area contributed by atoms with Crippen molar-refractivity contribution in [2.24, 2.45) is 7.05 Å². The summed E-state index contributed by atoms with van der Waals surface area (Å²) in [6, 6.07) is 1.95. The zero-order valence-corrected chi connectivity index (χ0v) is 9.38. The molecule has 3 rings (SSSR count). The number of imidazole rings is 2. The van der Waals surface area contributed by atoms with Gasteiger partial charge in [0.1, 0.15) is 5.52 Å². The van der Waals surface area contributed by atoms with Gasteiger partial charge in [-0.15, -0.1) is 0 Å². The van der Waals surface area contributed by atoms with Crippen LogP contribution in [0, 0.1) is 0 Å². The number of pyridine rings is 1. The van der Waals surface area contributed by atoms with E-state index in [1.54, 1.807) is 25.0 Å². The molecule has 0 spiro atoms. The van der Waals surface area contributed by atoms with Gasteiger partial charge in [0.25, 0.3) is 0 Å². The number of hydrogen-bond acceptors (Lipinski definition) is 4. The van der Waals surface area contributed by atoms with Crippen molar-refractivity contribution in [1.29, 1.82) is 0 Å². The molecule has 0 fully saturated rings. The summed E-state index contributed by atoms with van der Waals surface area (Å²) in [6.45, 7) is 0.655. The number of fused-ring (bicyclic) bond motifs is 1. The van der Waals surface area contributed by atoms with Crippen LogP contribution in [0.5, 0.6) is 0 Å². The second-order valence-corrected chi connectivity index (χ2v) is 3.81. The second kappa shape index (κ2) is 3.89. The Balaban J connectivity index is 1.90. The Hall–Kier alpha value is -2.37. The number of anilines is 1. The molecule has 3 aromatic rings. The molecular formula is C11H12N6. The van der Waals surface area contributed by atoms with Crippen molar-refractivity contribution in [1.82, 2.24) is 24.5 Å². The van der Waals surface area contributed by atoms with Crippen molar-refractivity contribution in [3.05, 3.63) is 36.8 Å². The van der Waals surface area contributed by atoms with Crippen LogP contribution >= 0.6 is 0 Å². The molecule has 0 atom stereocenters. The highest BCUT2D eigenvalue weighted by Gasteiger charge is 2.06. The molecule has 6 nitrogen and oxygen atoms in total. The summed E-state index contributed by atoms with van der Waals surface area (Å²) < 4.78 is 1.97. The van der Waals surface area contributed by atoms with Gasteiger partial charge < -0.3 is 14.9 Å². The number of aromatic amines is 1. The first-order chi connectivity index (χ1) is 8.34. The maximum Gasteiger partial charge on any atom is 0.154 e. The Morgan fingerprint density at radius 2 is 2.35 bits per heavy atom. The Morgan fingerprint density at radius 3 is 3.18 bits per heavy atom. The molecule has 0 amide bonds. The van der Waals surface area contributed by atoms with E-state index in [9.17, 15) is 0 Å². The minimum Gasteiger partial charge on any atom is -0.363 e. The fraction of sp³-hybridized carbons (Fsp3) is 0.182. The monoisotopic (exact) mass is 228 g/mol. The van der Waals surface area contributed by atoms with Crippen LogP contribution in [0.4, 0.5) is 5.82 Å². The summed E-state index contributed by atoms with van der Waals surface area (Å²) in [5, 5.41) is 3.25. The topological polar surface area (TPSA) is 71.4 Å². The average Bonchev–Trinajstić information content (AvgIpc) is 2.97. The standard InChI is InChI=1S/C11H12N6/c1-17-7-16-10-9(17)2-3-13-11(10)14-5-8-4-12-6-15-8/h2-4,6-7H,5H2,1H3,(H,12,15)(H,13,14). The normalized spacial score (nSPS) is 10.9. The molecule has 86 valence electrons. The molecule has 3 heterocycles. The first-order valence-corrected chi connectivity index (χ1v) is 5.32. The van der Waals surface area contributed by atoms with E-state index >= 15 is 0 Å². The Kier molecular flexibility index (Phi) is 2.25. The lowest BCUT2D eigenvalue weighted by molar-refractivity contribution is 0.947. The Labute approximate surface area is 97.7 Å². The molecular weight excluding hydrogens is 216 g/mol. The summed E-state index contributed by atoms with van der Waals surface area (Å²) >= 11 is 0. The van der Waals surface area contributed by atoms with Crippen molar-refractivity contribution in [2.45, 2.75) is 6.54 Å². The fourth-order valence-electron chi connectivity index (χ4n) is 1.75. The largest absolute Gasteiger partial charge is 0.363 e. The van der Waals surface area contributed by atoms with Crippen molar-refractivity contribution < 1.29 is 0 Å². The Morgan fingerprint density at radius 1 is 1.41 bits per heavy atom. The van der Waals surface area contributed by atoms with Crippen molar-refractivity contribution in [3.8, 4) is 0 Å². The number of aryl methyl sites for hydroxylation is 1. The third-order valence-corrected chi connectivity index (χ3v) is 2.64. The van der Waals surface area contributed by atoms with Gasteiger partial charge in [0.05, 0.1) is 30.4 Å². The number of rotatable bonds is 3.